The zero-order valence-electron chi connectivity index (χ0n) is 12.6. The van der Waals surface area contributed by atoms with E-state index >= 15 is 0 Å². The molecule has 24 heavy (non-hydrogen) atoms. The maximum atomic E-state index is 12.7. The second-order valence-corrected chi connectivity index (χ2v) is 8.48. The molecule has 0 spiro atoms. The average Bonchev–Trinajstić information content (AvgIpc) is 2.51. The predicted molar refractivity (Wildman–Crippen MR) is 80.9 cm³/mol. The van der Waals surface area contributed by atoms with Crippen molar-refractivity contribution in [2.45, 2.75) is 47.8 Å². The summed E-state index contributed by atoms with van der Waals surface area (Å²) < 4.78 is 75.2. The molecular formula is C13H17F2NO6S2. The monoisotopic (exact) mass is 385 g/mol. The molecule has 1 aromatic rings. The Labute approximate surface area is 138 Å². The first-order valence-electron chi connectivity index (χ1n) is 6.90. The van der Waals surface area contributed by atoms with E-state index in [1.807, 2.05) is 4.72 Å². The number of hydrogen-bond donors (Lipinski definition) is 2. The number of carboxylic acids is 1. The van der Waals surface area contributed by atoms with E-state index < -0.39 is 47.4 Å². The molecule has 2 N–H and O–H groups in total. The number of sulfonamides is 1. The Bertz CT molecular complexity index is 792. The predicted octanol–water partition coefficient (Wildman–Crippen LogP) is 1.60. The SMILES string of the molecule is CCCCC(NS(=O)(=O)c1ccccc1S(=O)(=O)C(F)F)C(=O)O. The van der Waals surface area contributed by atoms with Gasteiger partial charge in [-0.2, -0.15) is 13.5 Å². The maximum Gasteiger partial charge on any atom is 0.341 e. The van der Waals surface area contributed by atoms with Crippen molar-refractivity contribution in [3.05, 3.63) is 24.3 Å². The molecule has 0 saturated heterocycles. The van der Waals surface area contributed by atoms with Gasteiger partial charge in [0.15, 0.2) is 0 Å². The highest BCUT2D eigenvalue weighted by Gasteiger charge is 2.34. The number of nitrogens with one attached hydrogen (secondary N) is 1. The van der Waals surface area contributed by atoms with Crippen LogP contribution in [0.3, 0.4) is 0 Å². The number of hydrogen-bond acceptors (Lipinski definition) is 5. The molecule has 0 heterocycles. The molecule has 0 saturated carbocycles. The van der Waals surface area contributed by atoms with Crippen LogP contribution >= 0.6 is 0 Å². The van der Waals surface area contributed by atoms with E-state index in [4.69, 9.17) is 5.11 Å². The van der Waals surface area contributed by atoms with Crippen molar-refractivity contribution >= 4 is 25.8 Å². The Balaban J connectivity index is 3.32. The fraction of sp³-hybridized carbons (Fsp3) is 0.462. The molecule has 1 rings (SSSR count). The summed E-state index contributed by atoms with van der Waals surface area (Å²) >= 11 is 0. The van der Waals surface area contributed by atoms with Gasteiger partial charge in [0.1, 0.15) is 10.9 Å². The quantitative estimate of drug-likeness (QED) is 0.667. The molecule has 0 radical (unpaired) electrons. The van der Waals surface area contributed by atoms with Crippen LogP contribution in [0.25, 0.3) is 0 Å². The largest absolute Gasteiger partial charge is 0.480 e. The Morgan fingerprint density at radius 3 is 2.17 bits per heavy atom. The molecular weight excluding hydrogens is 368 g/mol. The van der Waals surface area contributed by atoms with Crippen molar-refractivity contribution < 1.29 is 35.5 Å². The standard InChI is InChI=1S/C13H17F2NO6S2/c1-2-3-6-9(12(17)18)16-24(21,22)11-8-5-4-7-10(11)23(19,20)13(14)15/h4-5,7-9,13,16H,2-3,6H2,1H3,(H,17,18). The highest BCUT2D eigenvalue weighted by molar-refractivity contribution is 7.94. The number of carboxylic acid groups (broad SMARTS) is 1. The molecule has 136 valence electrons. The van der Waals surface area contributed by atoms with Gasteiger partial charge in [-0.1, -0.05) is 31.9 Å². The van der Waals surface area contributed by atoms with Gasteiger partial charge in [-0.15, -0.1) is 0 Å². The fourth-order valence-electron chi connectivity index (χ4n) is 1.90. The molecule has 7 nitrogen and oxygen atoms in total. The molecule has 1 aromatic carbocycles. The van der Waals surface area contributed by atoms with Crippen LogP contribution in [0.4, 0.5) is 8.78 Å². The number of unbranched alkanes of at least 4 members (excludes halogenated alkanes) is 1. The first-order valence-corrected chi connectivity index (χ1v) is 9.93. The number of rotatable bonds is 9. The van der Waals surface area contributed by atoms with E-state index in [9.17, 15) is 30.4 Å². The molecule has 0 aromatic heterocycles. The molecule has 11 heteroatoms. The van der Waals surface area contributed by atoms with Crippen LogP contribution in [0, 0.1) is 0 Å². The fourth-order valence-corrected chi connectivity index (χ4v) is 4.69. The third-order valence-electron chi connectivity index (χ3n) is 3.12. The van der Waals surface area contributed by atoms with Gasteiger partial charge in [-0.25, -0.2) is 16.8 Å². The van der Waals surface area contributed by atoms with Gasteiger partial charge in [0.05, 0.1) is 4.90 Å². The third kappa shape index (κ3) is 4.71. The Morgan fingerprint density at radius 1 is 1.17 bits per heavy atom. The highest BCUT2D eigenvalue weighted by atomic mass is 32.2. The molecule has 1 atom stereocenters. The maximum absolute atomic E-state index is 12.7. The molecule has 0 aliphatic heterocycles. The zero-order chi connectivity index (χ0) is 18.5. The highest BCUT2D eigenvalue weighted by Crippen LogP contribution is 2.26. The topological polar surface area (TPSA) is 118 Å². The first-order chi connectivity index (χ1) is 11.0. The van der Waals surface area contributed by atoms with E-state index in [1.54, 1.807) is 6.92 Å². The summed E-state index contributed by atoms with van der Waals surface area (Å²) in [6.45, 7) is 1.78. The normalized spacial score (nSPS) is 13.8. The Morgan fingerprint density at radius 2 is 1.71 bits per heavy atom. The molecule has 0 aliphatic rings. The van der Waals surface area contributed by atoms with E-state index in [2.05, 4.69) is 0 Å². The molecule has 0 aliphatic carbocycles. The minimum Gasteiger partial charge on any atom is -0.480 e. The van der Waals surface area contributed by atoms with Gasteiger partial charge < -0.3 is 5.11 Å². The average molecular weight is 385 g/mol. The Kier molecular flexibility index (Phi) is 6.81. The number of halogens is 2. The van der Waals surface area contributed by atoms with E-state index in [0.29, 0.717) is 12.8 Å². The summed E-state index contributed by atoms with van der Waals surface area (Å²) in [4.78, 5) is 9.15. The molecule has 0 amide bonds. The number of benzene rings is 1. The second kappa shape index (κ2) is 7.99. The van der Waals surface area contributed by atoms with Crippen LogP contribution in [0.15, 0.2) is 34.1 Å². The van der Waals surface area contributed by atoms with Gasteiger partial charge in [0.25, 0.3) is 0 Å². The van der Waals surface area contributed by atoms with E-state index in [1.165, 1.54) is 0 Å². The third-order valence-corrected chi connectivity index (χ3v) is 6.22. The van der Waals surface area contributed by atoms with Crippen molar-refractivity contribution in [1.82, 2.24) is 4.72 Å². The zero-order valence-corrected chi connectivity index (χ0v) is 14.3. The summed E-state index contributed by atoms with van der Waals surface area (Å²) in [5, 5.41) is 9.06. The van der Waals surface area contributed by atoms with E-state index in [0.717, 1.165) is 24.3 Å². The lowest BCUT2D eigenvalue weighted by Crippen LogP contribution is -2.41. The number of alkyl halides is 2. The lowest BCUT2D eigenvalue weighted by molar-refractivity contribution is -0.139. The number of sulfone groups is 1. The number of aliphatic carboxylic acids is 1. The van der Waals surface area contributed by atoms with Crippen LogP contribution in [-0.2, 0) is 24.7 Å². The summed E-state index contributed by atoms with van der Waals surface area (Å²) in [5.74, 6) is -5.24. The number of carbonyl (C=O) groups is 1. The van der Waals surface area contributed by atoms with Crippen LogP contribution in [-0.4, -0.2) is 39.7 Å². The van der Waals surface area contributed by atoms with E-state index in [-0.39, 0.29) is 6.42 Å². The summed E-state index contributed by atoms with van der Waals surface area (Å²) in [6.07, 6.45) is 1.01. The molecule has 0 fully saturated rings. The Hall–Kier alpha value is -1.59. The minimum absolute atomic E-state index is 0.0190. The van der Waals surface area contributed by atoms with Crippen molar-refractivity contribution in [3.8, 4) is 0 Å². The van der Waals surface area contributed by atoms with Crippen molar-refractivity contribution in [3.63, 3.8) is 0 Å². The van der Waals surface area contributed by atoms with Gasteiger partial charge in [-0.05, 0) is 18.6 Å². The van der Waals surface area contributed by atoms with Gasteiger partial charge in [-0.3, -0.25) is 4.79 Å². The van der Waals surface area contributed by atoms with Gasteiger partial charge >= 0.3 is 11.7 Å². The van der Waals surface area contributed by atoms with Crippen molar-refractivity contribution in [2.75, 3.05) is 0 Å². The smallest absolute Gasteiger partial charge is 0.341 e. The van der Waals surface area contributed by atoms with Crippen LogP contribution in [0.5, 0.6) is 0 Å². The summed E-state index contributed by atoms with van der Waals surface area (Å²) in [5.41, 5.74) is 0. The van der Waals surface area contributed by atoms with Crippen molar-refractivity contribution in [1.29, 1.82) is 0 Å². The summed E-state index contributed by atoms with van der Waals surface area (Å²) in [6, 6.07) is 2.33. The molecule has 1 unspecified atom stereocenters. The van der Waals surface area contributed by atoms with Crippen LogP contribution in [0.1, 0.15) is 26.2 Å². The van der Waals surface area contributed by atoms with Crippen LogP contribution < -0.4 is 4.72 Å². The first kappa shape index (κ1) is 20.5. The van der Waals surface area contributed by atoms with Crippen molar-refractivity contribution in [2.24, 2.45) is 0 Å². The summed E-state index contributed by atoms with van der Waals surface area (Å²) in [7, 11) is -9.79. The van der Waals surface area contributed by atoms with Gasteiger partial charge in [0.2, 0.25) is 19.9 Å². The van der Waals surface area contributed by atoms with Gasteiger partial charge in [0, 0.05) is 0 Å². The lowest BCUT2D eigenvalue weighted by atomic mass is 10.1. The minimum atomic E-state index is -5.16. The second-order valence-electron chi connectivity index (χ2n) is 4.91. The lowest BCUT2D eigenvalue weighted by Gasteiger charge is -2.16. The molecule has 0 bridgehead atoms. The van der Waals surface area contributed by atoms with Crippen LogP contribution in [0.2, 0.25) is 0 Å².